The summed E-state index contributed by atoms with van der Waals surface area (Å²) in [6, 6.07) is 13.3. The number of esters is 1. The predicted octanol–water partition coefficient (Wildman–Crippen LogP) is 2.56. The molecule has 0 radical (unpaired) electrons. The van der Waals surface area contributed by atoms with Crippen LogP contribution in [0, 0.1) is 0 Å². The number of carbonyl (C=O) groups is 3. The lowest BCUT2D eigenvalue weighted by atomic mass is 10.2. The Labute approximate surface area is 164 Å². The third kappa shape index (κ3) is 6.75. The van der Waals surface area contributed by atoms with Gasteiger partial charge < -0.3 is 20.1 Å². The fraction of sp³-hybridized carbons (Fsp3) is 0.286. The molecule has 0 heterocycles. The Hall–Kier alpha value is -3.35. The van der Waals surface area contributed by atoms with Crippen LogP contribution in [0.25, 0.3) is 0 Å². The third-order valence-electron chi connectivity index (χ3n) is 3.71. The van der Waals surface area contributed by atoms with Gasteiger partial charge in [0.25, 0.3) is 11.8 Å². The second-order valence-corrected chi connectivity index (χ2v) is 5.94. The molecule has 2 rings (SSSR count). The van der Waals surface area contributed by atoms with Gasteiger partial charge in [0, 0.05) is 31.1 Å². The van der Waals surface area contributed by atoms with E-state index in [9.17, 15) is 14.4 Å². The summed E-state index contributed by atoms with van der Waals surface area (Å²) in [5.74, 6) is 0.151. The number of amides is 2. The Morgan fingerprint density at radius 3 is 2.11 bits per heavy atom. The van der Waals surface area contributed by atoms with Gasteiger partial charge in [0.2, 0.25) is 0 Å². The van der Waals surface area contributed by atoms with Crippen LogP contribution in [-0.4, -0.2) is 37.5 Å². The Bertz CT molecular complexity index is 818. The van der Waals surface area contributed by atoms with Gasteiger partial charge >= 0.3 is 5.97 Å². The molecular formula is C21H24N2O5. The van der Waals surface area contributed by atoms with Gasteiger partial charge in [-0.25, -0.2) is 0 Å². The zero-order valence-corrected chi connectivity index (χ0v) is 16.0. The molecule has 0 aliphatic carbocycles. The number of rotatable bonds is 9. The summed E-state index contributed by atoms with van der Waals surface area (Å²) in [4.78, 5) is 35.2. The van der Waals surface area contributed by atoms with Crippen molar-refractivity contribution in [1.82, 2.24) is 10.6 Å². The van der Waals surface area contributed by atoms with E-state index in [0.29, 0.717) is 43.0 Å². The number of nitrogens with one attached hydrogen (secondary N) is 2. The predicted molar refractivity (Wildman–Crippen MR) is 105 cm³/mol. The van der Waals surface area contributed by atoms with Crippen LogP contribution in [0.3, 0.4) is 0 Å². The standard InChI is InChI=1S/C21H24N2O5/c1-3-27-18-10-8-16(9-11-18)20(25)22-12-5-13-23-21(26)17-6-4-7-19(14-17)28-15(2)24/h4,6-11,14H,3,5,12-13H2,1-2H3,(H,22,25)(H,23,26). The highest BCUT2D eigenvalue weighted by Crippen LogP contribution is 2.13. The zero-order chi connectivity index (χ0) is 20.4. The van der Waals surface area contributed by atoms with Crippen molar-refractivity contribution >= 4 is 17.8 Å². The number of ether oxygens (including phenoxy) is 2. The minimum absolute atomic E-state index is 0.177. The number of benzene rings is 2. The average Bonchev–Trinajstić information content (AvgIpc) is 2.68. The van der Waals surface area contributed by atoms with Gasteiger partial charge in [0.05, 0.1) is 6.61 Å². The average molecular weight is 384 g/mol. The molecule has 28 heavy (non-hydrogen) atoms. The molecule has 0 bridgehead atoms. The van der Waals surface area contributed by atoms with Gasteiger partial charge in [-0.2, -0.15) is 0 Å². The van der Waals surface area contributed by atoms with Crippen molar-refractivity contribution in [3.8, 4) is 11.5 Å². The summed E-state index contributed by atoms with van der Waals surface area (Å²) in [6.07, 6.45) is 0.581. The van der Waals surface area contributed by atoms with E-state index in [-0.39, 0.29) is 11.8 Å². The van der Waals surface area contributed by atoms with Crippen LogP contribution in [0.15, 0.2) is 48.5 Å². The molecule has 0 aliphatic heterocycles. The van der Waals surface area contributed by atoms with E-state index in [0.717, 1.165) is 5.75 Å². The normalized spacial score (nSPS) is 10.1. The summed E-state index contributed by atoms with van der Waals surface area (Å²) < 4.78 is 10.3. The fourth-order valence-corrected chi connectivity index (χ4v) is 2.43. The molecule has 0 spiro atoms. The summed E-state index contributed by atoms with van der Waals surface area (Å²) in [6.45, 7) is 4.61. The smallest absolute Gasteiger partial charge is 0.308 e. The molecule has 2 aromatic carbocycles. The van der Waals surface area contributed by atoms with Crippen LogP contribution in [0.1, 0.15) is 41.0 Å². The van der Waals surface area contributed by atoms with Crippen molar-refractivity contribution in [2.75, 3.05) is 19.7 Å². The van der Waals surface area contributed by atoms with Gasteiger partial charge in [-0.15, -0.1) is 0 Å². The highest BCUT2D eigenvalue weighted by atomic mass is 16.5. The maximum absolute atomic E-state index is 12.1. The first kappa shape index (κ1) is 21.0. The van der Waals surface area contributed by atoms with E-state index in [1.54, 1.807) is 42.5 Å². The number of hydrogen-bond donors (Lipinski definition) is 2. The molecule has 0 aliphatic rings. The lowest BCUT2D eigenvalue weighted by molar-refractivity contribution is -0.131. The maximum atomic E-state index is 12.1. The van der Waals surface area contributed by atoms with Crippen molar-refractivity contribution < 1.29 is 23.9 Å². The summed E-state index contributed by atoms with van der Waals surface area (Å²) in [7, 11) is 0. The van der Waals surface area contributed by atoms with Gasteiger partial charge in [-0.3, -0.25) is 14.4 Å². The minimum atomic E-state index is -0.444. The summed E-state index contributed by atoms with van der Waals surface area (Å²) >= 11 is 0. The Balaban J connectivity index is 1.71. The molecule has 0 aromatic heterocycles. The van der Waals surface area contributed by atoms with E-state index in [2.05, 4.69) is 10.6 Å². The molecular weight excluding hydrogens is 360 g/mol. The van der Waals surface area contributed by atoms with Crippen molar-refractivity contribution in [3.63, 3.8) is 0 Å². The van der Waals surface area contributed by atoms with Crippen molar-refractivity contribution in [2.24, 2.45) is 0 Å². The minimum Gasteiger partial charge on any atom is -0.494 e. The molecule has 148 valence electrons. The first-order valence-electron chi connectivity index (χ1n) is 9.07. The van der Waals surface area contributed by atoms with Crippen LogP contribution < -0.4 is 20.1 Å². The molecule has 2 aromatic rings. The van der Waals surface area contributed by atoms with Gasteiger partial charge in [-0.1, -0.05) is 6.07 Å². The molecule has 0 fully saturated rings. The quantitative estimate of drug-likeness (QED) is 0.394. The van der Waals surface area contributed by atoms with Gasteiger partial charge in [-0.05, 0) is 55.8 Å². The van der Waals surface area contributed by atoms with E-state index in [1.165, 1.54) is 13.0 Å². The highest BCUT2D eigenvalue weighted by molar-refractivity contribution is 5.95. The van der Waals surface area contributed by atoms with Crippen LogP contribution in [-0.2, 0) is 4.79 Å². The van der Waals surface area contributed by atoms with Crippen LogP contribution in [0.4, 0.5) is 0 Å². The molecule has 0 saturated carbocycles. The van der Waals surface area contributed by atoms with Crippen molar-refractivity contribution in [3.05, 3.63) is 59.7 Å². The number of carbonyl (C=O) groups excluding carboxylic acids is 3. The van der Waals surface area contributed by atoms with Gasteiger partial charge in [0.1, 0.15) is 11.5 Å². The molecule has 2 amide bonds. The van der Waals surface area contributed by atoms with Crippen LogP contribution in [0.2, 0.25) is 0 Å². The molecule has 0 saturated heterocycles. The maximum Gasteiger partial charge on any atom is 0.308 e. The summed E-state index contributed by atoms with van der Waals surface area (Å²) in [5, 5.41) is 5.57. The largest absolute Gasteiger partial charge is 0.494 e. The van der Waals surface area contributed by atoms with Gasteiger partial charge in [0.15, 0.2) is 0 Å². The van der Waals surface area contributed by atoms with E-state index >= 15 is 0 Å². The second-order valence-electron chi connectivity index (χ2n) is 5.94. The fourth-order valence-electron chi connectivity index (χ4n) is 2.43. The second kappa shape index (κ2) is 10.7. The van der Waals surface area contributed by atoms with Crippen molar-refractivity contribution in [1.29, 1.82) is 0 Å². The summed E-state index contributed by atoms with van der Waals surface area (Å²) in [5.41, 5.74) is 0.951. The van der Waals surface area contributed by atoms with E-state index < -0.39 is 5.97 Å². The highest BCUT2D eigenvalue weighted by Gasteiger charge is 2.08. The molecule has 2 N–H and O–H groups in total. The van der Waals surface area contributed by atoms with Crippen molar-refractivity contribution in [2.45, 2.75) is 20.3 Å². The molecule has 7 heteroatoms. The van der Waals surface area contributed by atoms with Crippen LogP contribution in [0.5, 0.6) is 11.5 Å². The zero-order valence-electron chi connectivity index (χ0n) is 16.0. The number of hydrogen-bond acceptors (Lipinski definition) is 5. The van der Waals surface area contributed by atoms with Crippen LogP contribution >= 0.6 is 0 Å². The third-order valence-corrected chi connectivity index (χ3v) is 3.71. The molecule has 7 nitrogen and oxygen atoms in total. The Kier molecular flexibility index (Phi) is 8.02. The molecule has 0 atom stereocenters. The lowest BCUT2D eigenvalue weighted by Crippen LogP contribution is -2.29. The SMILES string of the molecule is CCOc1ccc(C(=O)NCCCNC(=O)c2cccc(OC(C)=O)c2)cc1. The monoisotopic (exact) mass is 384 g/mol. The van der Waals surface area contributed by atoms with E-state index in [1.807, 2.05) is 6.92 Å². The first-order valence-corrected chi connectivity index (χ1v) is 9.07. The van der Waals surface area contributed by atoms with E-state index in [4.69, 9.17) is 9.47 Å². The lowest BCUT2D eigenvalue weighted by Gasteiger charge is -2.08. The Morgan fingerprint density at radius 2 is 1.50 bits per heavy atom. The first-order chi connectivity index (χ1) is 13.5. The topological polar surface area (TPSA) is 93.7 Å². The Morgan fingerprint density at radius 1 is 0.857 bits per heavy atom. The molecule has 0 unspecified atom stereocenters.